The van der Waals surface area contributed by atoms with Crippen molar-refractivity contribution in [2.24, 2.45) is 5.92 Å². The first-order valence-electron chi connectivity index (χ1n) is 8.22. The molecule has 2 amide bonds. The average Bonchev–Trinajstić information content (AvgIpc) is 2.51. The highest BCUT2D eigenvalue weighted by molar-refractivity contribution is 6.39. The van der Waals surface area contributed by atoms with Crippen LogP contribution in [0.2, 0.25) is 0 Å². The number of rotatable bonds is 4. The Labute approximate surface area is 132 Å². The van der Waals surface area contributed by atoms with Gasteiger partial charge in [-0.05, 0) is 37.8 Å². The molecule has 1 aromatic carbocycles. The minimum Gasteiger partial charge on any atom is -0.348 e. The highest BCUT2D eigenvalue weighted by atomic mass is 16.2. The fourth-order valence-electron chi connectivity index (χ4n) is 3.08. The molecule has 4 nitrogen and oxygen atoms in total. The molecule has 1 aliphatic carbocycles. The molecule has 120 valence electrons. The molecule has 1 saturated carbocycles. The first kappa shape index (κ1) is 16.5. The van der Waals surface area contributed by atoms with Gasteiger partial charge in [0.15, 0.2) is 0 Å². The number of hydrogen-bond acceptors (Lipinski definition) is 2. The maximum absolute atomic E-state index is 11.9. The van der Waals surface area contributed by atoms with Crippen LogP contribution in [-0.4, -0.2) is 18.4 Å². The number of hydrogen-bond donors (Lipinski definition) is 2. The van der Waals surface area contributed by atoms with Crippen LogP contribution in [0.3, 0.4) is 0 Å². The van der Waals surface area contributed by atoms with Crippen molar-refractivity contribution < 1.29 is 9.59 Å². The molecule has 1 fully saturated rings. The van der Waals surface area contributed by atoms with Crippen LogP contribution < -0.4 is 10.6 Å². The highest BCUT2D eigenvalue weighted by Crippen LogP contribution is 2.25. The molecule has 0 heterocycles. The quantitative estimate of drug-likeness (QED) is 0.838. The van der Waals surface area contributed by atoms with Crippen LogP contribution in [0, 0.1) is 19.8 Å². The van der Waals surface area contributed by atoms with Crippen molar-refractivity contribution in [2.75, 3.05) is 11.9 Å². The maximum Gasteiger partial charge on any atom is 0.313 e. The molecule has 0 aromatic heterocycles. The lowest BCUT2D eigenvalue weighted by Crippen LogP contribution is -2.36. The molecule has 4 heteroatoms. The third kappa shape index (κ3) is 4.86. The largest absolute Gasteiger partial charge is 0.348 e. The van der Waals surface area contributed by atoms with E-state index in [4.69, 9.17) is 0 Å². The highest BCUT2D eigenvalue weighted by Gasteiger charge is 2.16. The van der Waals surface area contributed by atoms with Crippen LogP contribution in [0.5, 0.6) is 0 Å². The van der Waals surface area contributed by atoms with Crippen molar-refractivity contribution in [3.05, 3.63) is 29.3 Å². The average molecular weight is 302 g/mol. The molecule has 0 saturated heterocycles. The molecule has 0 radical (unpaired) electrons. The monoisotopic (exact) mass is 302 g/mol. The Morgan fingerprint density at radius 2 is 1.82 bits per heavy atom. The third-order valence-electron chi connectivity index (χ3n) is 4.40. The number of carbonyl (C=O) groups is 2. The Kier molecular flexibility index (Phi) is 5.99. The summed E-state index contributed by atoms with van der Waals surface area (Å²) in [5, 5.41) is 5.40. The van der Waals surface area contributed by atoms with E-state index in [9.17, 15) is 9.59 Å². The van der Waals surface area contributed by atoms with Crippen molar-refractivity contribution in [2.45, 2.75) is 52.4 Å². The van der Waals surface area contributed by atoms with Gasteiger partial charge in [-0.1, -0.05) is 49.8 Å². The van der Waals surface area contributed by atoms with E-state index >= 15 is 0 Å². The van der Waals surface area contributed by atoms with E-state index in [1.807, 2.05) is 32.0 Å². The predicted molar refractivity (Wildman–Crippen MR) is 88.7 cm³/mol. The molecule has 0 atom stereocenters. The molecule has 0 aliphatic heterocycles. The standard InChI is InChI=1S/C18H26N2O2/c1-13-8-9-16(14(2)12-13)20-18(22)17(21)19-11-10-15-6-4-3-5-7-15/h8-9,12,15H,3-7,10-11H2,1-2H3,(H,19,21)(H,20,22). The van der Waals surface area contributed by atoms with E-state index in [2.05, 4.69) is 10.6 Å². The van der Waals surface area contributed by atoms with Crippen LogP contribution in [0.15, 0.2) is 18.2 Å². The second kappa shape index (κ2) is 7.97. The van der Waals surface area contributed by atoms with Gasteiger partial charge in [-0.15, -0.1) is 0 Å². The van der Waals surface area contributed by atoms with E-state index in [-0.39, 0.29) is 0 Å². The summed E-state index contributed by atoms with van der Waals surface area (Å²) in [6.45, 7) is 4.50. The van der Waals surface area contributed by atoms with Crippen LogP contribution in [0.25, 0.3) is 0 Å². The molecule has 0 bridgehead atoms. The van der Waals surface area contributed by atoms with Crippen molar-refractivity contribution >= 4 is 17.5 Å². The Balaban J connectivity index is 1.75. The van der Waals surface area contributed by atoms with Gasteiger partial charge in [0.05, 0.1) is 0 Å². The van der Waals surface area contributed by atoms with E-state index in [1.54, 1.807) is 0 Å². The fraction of sp³-hybridized carbons (Fsp3) is 0.556. The summed E-state index contributed by atoms with van der Waals surface area (Å²) in [7, 11) is 0. The topological polar surface area (TPSA) is 58.2 Å². The second-order valence-corrected chi connectivity index (χ2v) is 6.32. The number of amides is 2. The molecular weight excluding hydrogens is 276 g/mol. The molecule has 0 unspecified atom stereocenters. The number of anilines is 1. The summed E-state index contributed by atoms with van der Waals surface area (Å²) in [6, 6.07) is 5.73. The van der Waals surface area contributed by atoms with E-state index < -0.39 is 11.8 Å². The number of carbonyl (C=O) groups excluding carboxylic acids is 2. The summed E-state index contributed by atoms with van der Waals surface area (Å²) in [5.74, 6) is -0.428. The zero-order valence-corrected chi connectivity index (χ0v) is 13.6. The third-order valence-corrected chi connectivity index (χ3v) is 4.40. The van der Waals surface area contributed by atoms with Crippen LogP contribution in [-0.2, 0) is 9.59 Å². The van der Waals surface area contributed by atoms with Gasteiger partial charge in [0.2, 0.25) is 0 Å². The van der Waals surface area contributed by atoms with Crippen LogP contribution in [0.4, 0.5) is 5.69 Å². The lowest BCUT2D eigenvalue weighted by molar-refractivity contribution is -0.136. The van der Waals surface area contributed by atoms with Gasteiger partial charge in [-0.25, -0.2) is 0 Å². The Morgan fingerprint density at radius 1 is 1.09 bits per heavy atom. The minimum absolute atomic E-state index is 0.546. The Morgan fingerprint density at radius 3 is 2.50 bits per heavy atom. The fourth-order valence-corrected chi connectivity index (χ4v) is 3.08. The first-order chi connectivity index (χ1) is 10.6. The zero-order valence-electron chi connectivity index (χ0n) is 13.6. The molecule has 2 N–H and O–H groups in total. The SMILES string of the molecule is Cc1ccc(NC(=O)C(=O)NCCC2CCCCC2)c(C)c1. The van der Waals surface area contributed by atoms with E-state index in [0.717, 1.165) is 17.5 Å². The predicted octanol–water partition coefficient (Wildman–Crippen LogP) is 3.33. The normalized spacial score (nSPS) is 15.4. The summed E-state index contributed by atoms with van der Waals surface area (Å²) in [4.78, 5) is 23.8. The Bertz CT molecular complexity index is 534. The minimum atomic E-state index is -0.587. The molecule has 0 spiro atoms. The van der Waals surface area contributed by atoms with Gasteiger partial charge in [-0.3, -0.25) is 9.59 Å². The number of benzene rings is 1. The van der Waals surface area contributed by atoms with Gasteiger partial charge in [0.1, 0.15) is 0 Å². The first-order valence-corrected chi connectivity index (χ1v) is 8.22. The molecule has 2 rings (SSSR count). The number of aryl methyl sites for hydroxylation is 2. The van der Waals surface area contributed by atoms with Gasteiger partial charge in [0, 0.05) is 12.2 Å². The van der Waals surface area contributed by atoms with E-state index in [0.29, 0.717) is 18.2 Å². The lowest BCUT2D eigenvalue weighted by atomic mass is 9.87. The lowest BCUT2D eigenvalue weighted by Gasteiger charge is -2.21. The van der Waals surface area contributed by atoms with Crippen molar-refractivity contribution in [3.8, 4) is 0 Å². The van der Waals surface area contributed by atoms with Crippen LogP contribution in [0.1, 0.15) is 49.7 Å². The molecular formula is C18H26N2O2. The Hall–Kier alpha value is -1.84. The summed E-state index contributed by atoms with van der Waals surface area (Å²) in [6.07, 6.45) is 7.41. The van der Waals surface area contributed by atoms with Crippen molar-refractivity contribution in [3.63, 3.8) is 0 Å². The zero-order chi connectivity index (χ0) is 15.9. The molecule has 22 heavy (non-hydrogen) atoms. The maximum atomic E-state index is 11.9. The van der Waals surface area contributed by atoms with Crippen molar-refractivity contribution in [1.29, 1.82) is 0 Å². The van der Waals surface area contributed by atoms with E-state index in [1.165, 1.54) is 32.1 Å². The summed E-state index contributed by atoms with van der Waals surface area (Å²) >= 11 is 0. The van der Waals surface area contributed by atoms with Crippen molar-refractivity contribution in [1.82, 2.24) is 5.32 Å². The smallest absolute Gasteiger partial charge is 0.313 e. The van der Waals surface area contributed by atoms with Gasteiger partial charge >= 0.3 is 11.8 Å². The van der Waals surface area contributed by atoms with Crippen LogP contribution >= 0.6 is 0 Å². The summed E-state index contributed by atoms with van der Waals surface area (Å²) < 4.78 is 0. The van der Waals surface area contributed by atoms with Gasteiger partial charge in [-0.2, -0.15) is 0 Å². The molecule has 1 aliphatic rings. The number of nitrogens with one attached hydrogen (secondary N) is 2. The second-order valence-electron chi connectivity index (χ2n) is 6.32. The van der Waals surface area contributed by atoms with Gasteiger partial charge in [0.25, 0.3) is 0 Å². The van der Waals surface area contributed by atoms with Gasteiger partial charge < -0.3 is 10.6 Å². The molecule has 1 aromatic rings. The summed E-state index contributed by atoms with van der Waals surface area (Å²) in [5.41, 5.74) is 2.79.